The Morgan fingerprint density at radius 3 is 2.03 bits per heavy atom. The number of anilines is 1. The number of ether oxygens (including phenoxy) is 2. The highest BCUT2D eigenvalue weighted by molar-refractivity contribution is 5.33. The first-order chi connectivity index (χ1) is 15.6. The van der Waals surface area contributed by atoms with Gasteiger partial charge in [0.05, 0.1) is 33.4 Å². The van der Waals surface area contributed by atoms with Gasteiger partial charge >= 0.3 is 11.4 Å². The van der Waals surface area contributed by atoms with Crippen LogP contribution in [-0.2, 0) is 24.2 Å². The van der Waals surface area contributed by atoms with Crippen molar-refractivity contribution in [1.82, 2.24) is 14.1 Å². The number of hydrogen-bond acceptors (Lipinski definition) is 6. The van der Waals surface area contributed by atoms with E-state index in [1.54, 1.807) is 11.7 Å². The van der Waals surface area contributed by atoms with Crippen molar-refractivity contribution in [3.63, 3.8) is 0 Å². The van der Waals surface area contributed by atoms with Crippen LogP contribution in [0.2, 0.25) is 0 Å². The zero-order valence-corrected chi connectivity index (χ0v) is 18.5. The van der Waals surface area contributed by atoms with Gasteiger partial charge in [-0.3, -0.25) is 4.57 Å². The van der Waals surface area contributed by atoms with E-state index in [-0.39, 0.29) is 12.2 Å². The van der Waals surface area contributed by atoms with Gasteiger partial charge < -0.3 is 14.4 Å². The molecular weight excluding hydrogens is 408 g/mol. The van der Waals surface area contributed by atoms with Crippen molar-refractivity contribution < 1.29 is 9.47 Å². The molecule has 0 saturated carbocycles. The van der Waals surface area contributed by atoms with Gasteiger partial charge in [-0.05, 0) is 35.2 Å². The Kier molecular flexibility index (Phi) is 6.70. The molecule has 168 valence electrons. The first-order valence-electron chi connectivity index (χ1n) is 10.8. The highest BCUT2D eigenvalue weighted by atomic mass is 16.5. The number of methoxy groups -OCH3 is 1. The first kappa shape index (κ1) is 21.8. The van der Waals surface area contributed by atoms with E-state index >= 15 is 0 Å². The van der Waals surface area contributed by atoms with Gasteiger partial charge in [-0.1, -0.05) is 43.3 Å². The molecule has 1 aliphatic heterocycles. The number of morpholine rings is 1. The van der Waals surface area contributed by atoms with E-state index in [1.165, 1.54) is 10.1 Å². The molecule has 1 fully saturated rings. The Bertz CT molecular complexity index is 1160. The molecule has 2 heterocycles. The van der Waals surface area contributed by atoms with Crippen molar-refractivity contribution in [2.75, 3.05) is 38.3 Å². The van der Waals surface area contributed by atoms with Gasteiger partial charge in [0.2, 0.25) is 5.95 Å². The van der Waals surface area contributed by atoms with Crippen molar-refractivity contribution >= 4 is 5.95 Å². The van der Waals surface area contributed by atoms with Gasteiger partial charge in [0.1, 0.15) is 5.75 Å². The minimum atomic E-state index is -0.540. The fourth-order valence-corrected chi connectivity index (χ4v) is 3.77. The third-order valence-electron chi connectivity index (χ3n) is 5.70. The molecule has 2 aromatic carbocycles. The number of aryl methyl sites for hydroxylation is 1. The first-order valence-corrected chi connectivity index (χ1v) is 10.8. The van der Waals surface area contributed by atoms with Crippen molar-refractivity contribution in [2.45, 2.75) is 26.4 Å². The monoisotopic (exact) mass is 436 g/mol. The quantitative estimate of drug-likeness (QED) is 0.563. The molecule has 1 saturated heterocycles. The maximum absolute atomic E-state index is 13.5. The summed E-state index contributed by atoms with van der Waals surface area (Å²) in [6.07, 6.45) is 0.935. The summed E-state index contributed by atoms with van der Waals surface area (Å²) < 4.78 is 13.4. The van der Waals surface area contributed by atoms with Crippen molar-refractivity contribution in [2.24, 2.45) is 0 Å². The lowest BCUT2D eigenvalue weighted by molar-refractivity contribution is 0.121. The van der Waals surface area contributed by atoms with Crippen LogP contribution >= 0.6 is 0 Å². The Morgan fingerprint density at radius 2 is 1.44 bits per heavy atom. The molecule has 0 spiro atoms. The van der Waals surface area contributed by atoms with E-state index in [2.05, 4.69) is 11.9 Å². The molecule has 0 amide bonds. The van der Waals surface area contributed by atoms with Crippen LogP contribution in [0.5, 0.6) is 5.75 Å². The maximum atomic E-state index is 13.5. The average molecular weight is 437 g/mol. The van der Waals surface area contributed by atoms with Crippen molar-refractivity contribution in [3.8, 4) is 5.75 Å². The summed E-state index contributed by atoms with van der Waals surface area (Å²) in [4.78, 5) is 32.7. The van der Waals surface area contributed by atoms with E-state index in [0.717, 1.165) is 23.3 Å². The summed E-state index contributed by atoms with van der Waals surface area (Å²) in [5, 5.41) is 0. The van der Waals surface area contributed by atoms with Crippen LogP contribution in [-0.4, -0.2) is 47.5 Å². The number of nitrogens with zero attached hydrogens (tertiary/aromatic N) is 4. The molecule has 0 radical (unpaired) electrons. The van der Waals surface area contributed by atoms with Crippen LogP contribution in [0.15, 0.2) is 58.1 Å². The number of hydrogen-bond donors (Lipinski definition) is 0. The van der Waals surface area contributed by atoms with E-state index in [1.807, 2.05) is 53.4 Å². The standard InChI is InChI=1S/C24H28N4O4/c1-3-18-4-6-19(7-5-18)17-28-23(29)25-22(26-12-14-32-15-13-26)27(24(28)30)16-20-8-10-21(31-2)11-9-20/h4-11H,3,12-17H2,1-2H3. The number of rotatable bonds is 7. The Labute approximate surface area is 186 Å². The number of aromatic nitrogens is 3. The molecule has 1 aliphatic rings. The minimum absolute atomic E-state index is 0.181. The topological polar surface area (TPSA) is 78.6 Å². The van der Waals surface area contributed by atoms with Gasteiger partial charge in [-0.15, -0.1) is 0 Å². The summed E-state index contributed by atoms with van der Waals surface area (Å²) >= 11 is 0. The third-order valence-corrected chi connectivity index (χ3v) is 5.70. The second-order valence-electron chi connectivity index (χ2n) is 7.77. The molecule has 32 heavy (non-hydrogen) atoms. The van der Waals surface area contributed by atoms with E-state index in [9.17, 15) is 9.59 Å². The highest BCUT2D eigenvalue weighted by Crippen LogP contribution is 2.15. The summed E-state index contributed by atoms with van der Waals surface area (Å²) in [6.45, 7) is 4.80. The van der Waals surface area contributed by atoms with Gasteiger partial charge in [0.15, 0.2) is 0 Å². The Balaban J connectivity index is 1.74. The lowest BCUT2D eigenvalue weighted by atomic mass is 10.1. The molecule has 0 aliphatic carbocycles. The van der Waals surface area contributed by atoms with E-state index in [4.69, 9.17) is 9.47 Å². The summed E-state index contributed by atoms with van der Waals surface area (Å²) in [6, 6.07) is 15.5. The molecular formula is C24H28N4O4. The van der Waals surface area contributed by atoms with Crippen LogP contribution in [0, 0.1) is 0 Å². The summed E-state index contributed by atoms with van der Waals surface area (Å²) in [7, 11) is 1.61. The second-order valence-corrected chi connectivity index (χ2v) is 7.77. The fourth-order valence-electron chi connectivity index (χ4n) is 3.77. The van der Waals surface area contributed by atoms with Crippen molar-refractivity contribution in [3.05, 3.63) is 86.2 Å². The zero-order valence-electron chi connectivity index (χ0n) is 18.5. The van der Waals surface area contributed by atoms with Gasteiger partial charge in [0.25, 0.3) is 0 Å². The fraction of sp³-hybridized carbons (Fsp3) is 0.375. The van der Waals surface area contributed by atoms with Crippen LogP contribution in [0.4, 0.5) is 5.95 Å². The molecule has 4 rings (SSSR count). The van der Waals surface area contributed by atoms with Gasteiger partial charge in [-0.25, -0.2) is 14.2 Å². The molecule has 1 aromatic heterocycles. The Hall–Kier alpha value is -3.39. The maximum Gasteiger partial charge on any atom is 0.355 e. The van der Waals surface area contributed by atoms with Gasteiger partial charge in [-0.2, -0.15) is 4.98 Å². The van der Waals surface area contributed by atoms with Crippen molar-refractivity contribution in [1.29, 1.82) is 0 Å². The number of benzene rings is 2. The average Bonchev–Trinajstić information content (AvgIpc) is 2.84. The summed E-state index contributed by atoms with van der Waals surface area (Å²) in [5.74, 6) is 1.13. The van der Waals surface area contributed by atoms with Crippen LogP contribution in [0.1, 0.15) is 23.6 Å². The molecule has 3 aromatic rings. The molecule has 0 N–H and O–H groups in total. The van der Waals surface area contributed by atoms with Crippen LogP contribution in [0.3, 0.4) is 0 Å². The predicted molar refractivity (Wildman–Crippen MR) is 123 cm³/mol. The molecule has 0 bridgehead atoms. The largest absolute Gasteiger partial charge is 0.497 e. The zero-order chi connectivity index (χ0) is 22.5. The molecule has 0 atom stereocenters. The van der Waals surface area contributed by atoms with Crippen LogP contribution < -0.4 is 21.0 Å². The highest BCUT2D eigenvalue weighted by Gasteiger charge is 2.21. The SMILES string of the molecule is CCc1ccc(Cn2c(=O)nc(N3CCOCC3)n(Cc3ccc(OC)cc3)c2=O)cc1. The third kappa shape index (κ3) is 4.75. The second kappa shape index (κ2) is 9.82. The minimum Gasteiger partial charge on any atom is -0.497 e. The lowest BCUT2D eigenvalue weighted by Crippen LogP contribution is -2.47. The summed E-state index contributed by atoms with van der Waals surface area (Å²) in [5.41, 5.74) is 2.10. The van der Waals surface area contributed by atoms with E-state index in [0.29, 0.717) is 38.8 Å². The normalized spacial score (nSPS) is 13.9. The molecule has 8 nitrogen and oxygen atoms in total. The predicted octanol–water partition coefficient (Wildman–Crippen LogP) is 1.91. The molecule has 0 unspecified atom stereocenters. The molecule has 8 heteroatoms. The lowest BCUT2D eigenvalue weighted by Gasteiger charge is -2.29. The van der Waals surface area contributed by atoms with E-state index < -0.39 is 5.69 Å². The smallest absolute Gasteiger partial charge is 0.355 e. The van der Waals surface area contributed by atoms with Gasteiger partial charge in [0, 0.05) is 13.1 Å². The Morgan fingerprint density at radius 1 is 0.875 bits per heavy atom. The van der Waals surface area contributed by atoms with Crippen LogP contribution in [0.25, 0.3) is 0 Å².